The van der Waals surface area contributed by atoms with Crippen molar-refractivity contribution in [2.24, 2.45) is 0 Å². The van der Waals surface area contributed by atoms with Crippen molar-refractivity contribution in [1.82, 2.24) is 4.98 Å². The zero-order valence-corrected chi connectivity index (χ0v) is 9.93. The minimum Gasteiger partial charge on any atom is -0.241 e. The van der Waals surface area contributed by atoms with E-state index in [2.05, 4.69) is 36.1 Å². The van der Waals surface area contributed by atoms with Gasteiger partial charge in [0.05, 0.1) is 0 Å². The minimum atomic E-state index is -1.46. The van der Waals surface area contributed by atoms with Gasteiger partial charge in [0.2, 0.25) is 0 Å². The van der Waals surface area contributed by atoms with Crippen LogP contribution in [0.2, 0.25) is 19.6 Å². The average molecular weight is 218 g/mol. The highest BCUT2D eigenvalue weighted by Crippen LogP contribution is 2.05. The number of nitrogens with zero attached hydrogens (tertiary/aromatic N) is 2. The van der Waals surface area contributed by atoms with Crippen LogP contribution in [0.1, 0.15) is 11.3 Å². The fraction of sp³-hybridized carbons (Fsp3) is 0.273. The van der Waals surface area contributed by atoms with E-state index in [0.717, 1.165) is 0 Å². The Morgan fingerprint density at radius 1 is 1.40 bits per heavy atom. The van der Waals surface area contributed by atoms with E-state index in [1.807, 2.05) is 0 Å². The van der Waals surface area contributed by atoms with Crippen LogP contribution < -0.4 is 0 Å². The highest BCUT2D eigenvalue weighted by atomic mass is 28.3. The highest BCUT2D eigenvalue weighted by molar-refractivity contribution is 6.83. The lowest BCUT2D eigenvalue weighted by Gasteiger charge is -2.03. The number of aromatic nitrogens is 1. The van der Waals surface area contributed by atoms with E-state index in [-0.39, 0.29) is 5.69 Å². The molecule has 2 nitrogen and oxygen atoms in total. The Hall–Kier alpha value is -1.65. The maximum Gasteiger partial charge on any atom is 0.176 e. The van der Waals surface area contributed by atoms with Crippen molar-refractivity contribution in [3.8, 4) is 17.5 Å². The van der Waals surface area contributed by atoms with E-state index in [0.29, 0.717) is 5.56 Å². The summed E-state index contributed by atoms with van der Waals surface area (Å²) in [5, 5.41) is 8.49. The molecule has 1 aromatic heterocycles. The molecule has 0 aliphatic heterocycles. The van der Waals surface area contributed by atoms with Crippen LogP contribution >= 0.6 is 0 Å². The summed E-state index contributed by atoms with van der Waals surface area (Å²) in [5.41, 5.74) is 3.44. The third-order valence-electron chi connectivity index (χ3n) is 1.53. The van der Waals surface area contributed by atoms with Crippen LogP contribution in [0, 0.1) is 28.6 Å². The van der Waals surface area contributed by atoms with E-state index in [1.165, 1.54) is 12.3 Å². The van der Waals surface area contributed by atoms with Crippen LogP contribution in [0.4, 0.5) is 4.39 Å². The Bertz CT molecular complexity index is 472. The molecule has 76 valence electrons. The molecule has 1 heterocycles. The topological polar surface area (TPSA) is 36.7 Å². The van der Waals surface area contributed by atoms with Gasteiger partial charge in [-0.05, 0) is 6.07 Å². The van der Waals surface area contributed by atoms with Crippen molar-refractivity contribution >= 4 is 8.07 Å². The molecule has 0 aliphatic carbocycles. The SMILES string of the molecule is C[Si](C)(C)C#Cc1cnc(C#N)c(F)c1. The number of hydrogen-bond donors (Lipinski definition) is 0. The van der Waals surface area contributed by atoms with Crippen LogP contribution in [0.5, 0.6) is 0 Å². The zero-order chi connectivity index (χ0) is 11.5. The molecule has 1 rings (SSSR count). The molecule has 1 aromatic rings. The molecule has 4 heteroatoms. The number of rotatable bonds is 0. The lowest BCUT2D eigenvalue weighted by Crippen LogP contribution is -2.16. The highest BCUT2D eigenvalue weighted by Gasteiger charge is 2.08. The zero-order valence-electron chi connectivity index (χ0n) is 8.93. The monoisotopic (exact) mass is 218 g/mol. The maximum atomic E-state index is 13.1. The number of nitriles is 1. The van der Waals surface area contributed by atoms with E-state index >= 15 is 0 Å². The number of pyridine rings is 1. The van der Waals surface area contributed by atoms with Gasteiger partial charge >= 0.3 is 0 Å². The van der Waals surface area contributed by atoms with Crippen molar-refractivity contribution in [2.75, 3.05) is 0 Å². The molecule has 0 amide bonds. The Balaban J connectivity index is 3.04. The van der Waals surface area contributed by atoms with Crippen LogP contribution in [0.15, 0.2) is 12.3 Å². The first-order chi connectivity index (χ1) is 6.92. The van der Waals surface area contributed by atoms with Crippen LogP contribution in [0.25, 0.3) is 0 Å². The largest absolute Gasteiger partial charge is 0.241 e. The molecule has 0 fully saturated rings. The van der Waals surface area contributed by atoms with Gasteiger partial charge in [-0.15, -0.1) is 5.54 Å². The van der Waals surface area contributed by atoms with E-state index in [9.17, 15) is 4.39 Å². The fourth-order valence-corrected chi connectivity index (χ4v) is 1.37. The standard InChI is InChI=1S/C11H11FN2Si/c1-15(2,3)5-4-9-6-10(12)11(7-13)14-8-9/h6,8H,1-3H3. The molecular weight excluding hydrogens is 207 g/mol. The predicted molar refractivity (Wildman–Crippen MR) is 59.1 cm³/mol. The molecule has 15 heavy (non-hydrogen) atoms. The lowest BCUT2D eigenvalue weighted by atomic mass is 10.2. The molecule has 0 saturated heterocycles. The maximum absolute atomic E-state index is 13.1. The minimum absolute atomic E-state index is 0.187. The second kappa shape index (κ2) is 4.25. The summed E-state index contributed by atoms with van der Waals surface area (Å²) in [7, 11) is -1.46. The smallest absolute Gasteiger partial charge is 0.176 e. The molecule has 0 bridgehead atoms. The Kier molecular flexibility index (Phi) is 3.23. The molecule has 0 unspecified atom stereocenters. The van der Waals surface area contributed by atoms with Crippen LogP contribution in [-0.2, 0) is 0 Å². The van der Waals surface area contributed by atoms with Gasteiger partial charge in [0, 0.05) is 11.8 Å². The van der Waals surface area contributed by atoms with Gasteiger partial charge in [-0.25, -0.2) is 9.37 Å². The van der Waals surface area contributed by atoms with Gasteiger partial charge in [-0.2, -0.15) is 5.26 Å². The summed E-state index contributed by atoms with van der Waals surface area (Å²) in [4.78, 5) is 3.67. The van der Waals surface area contributed by atoms with Gasteiger partial charge in [0.1, 0.15) is 14.1 Å². The third kappa shape index (κ3) is 3.53. The van der Waals surface area contributed by atoms with Crippen LogP contribution in [-0.4, -0.2) is 13.1 Å². The van der Waals surface area contributed by atoms with E-state index < -0.39 is 13.9 Å². The first-order valence-electron chi connectivity index (χ1n) is 4.51. The second-order valence-corrected chi connectivity index (χ2v) is 8.92. The quantitative estimate of drug-likeness (QED) is 0.495. The Morgan fingerprint density at radius 3 is 2.53 bits per heavy atom. The van der Waals surface area contributed by atoms with E-state index in [4.69, 9.17) is 5.26 Å². The summed E-state index contributed by atoms with van der Waals surface area (Å²) < 4.78 is 13.1. The summed E-state index contributed by atoms with van der Waals surface area (Å²) in [6, 6.07) is 2.92. The van der Waals surface area contributed by atoms with Gasteiger partial charge in [-0.3, -0.25) is 0 Å². The second-order valence-electron chi connectivity index (χ2n) is 4.17. The van der Waals surface area contributed by atoms with Gasteiger partial charge < -0.3 is 0 Å². The summed E-state index contributed by atoms with van der Waals surface area (Å²) >= 11 is 0. The van der Waals surface area contributed by atoms with Crippen molar-refractivity contribution in [1.29, 1.82) is 5.26 Å². The normalized spacial score (nSPS) is 10.1. The van der Waals surface area contributed by atoms with Crippen molar-refractivity contribution in [3.05, 3.63) is 29.3 Å². The van der Waals surface area contributed by atoms with Gasteiger partial charge in [0.15, 0.2) is 11.5 Å². The average Bonchev–Trinajstić information content (AvgIpc) is 2.14. The summed E-state index contributed by atoms with van der Waals surface area (Å²) in [5.74, 6) is 2.27. The molecular formula is C11H11FN2Si. The number of hydrogen-bond acceptors (Lipinski definition) is 2. The van der Waals surface area contributed by atoms with Gasteiger partial charge in [0.25, 0.3) is 0 Å². The molecule has 0 spiro atoms. The van der Waals surface area contributed by atoms with Gasteiger partial charge in [-0.1, -0.05) is 25.6 Å². The molecule has 0 aromatic carbocycles. The summed E-state index contributed by atoms with van der Waals surface area (Å²) in [6.45, 7) is 6.31. The molecule has 0 aliphatic rings. The van der Waals surface area contributed by atoms with E-state index in [1.54, 1.807) is 6.07 Å². The Morgan fingerprint density at radius 2 is 2.07 bits per heavy atom. The molecule has 0 saturated carbocycles. The first-order valence-corrected chi connectivity index (χ1v) is 8.01. The number of halogens is 1. The predicted octanol–water partition coefficient (Wildman–Crippen LogP) is 2.32. The third-order valence-corrected chi connectivity index (χ3v) is 2.40. The lowest BCUT2D eigenvalue weighted by molar-refractivity contribution is 0.616. The Labute approximate surface area is 89.8 Å². The first kappa shape index (κ1) is 11.4. The fourth-order valence-electron chi connectivity index (χ4n) is 0.848. The van der Waals surface area contributed by atoms with Crippen molar-refractivity contribution in [2.45, 2.75) is 19.6 Å². The molecule has 0 atom stereocenters. The van der Waals surface area contributed by atoms with Crippen molar-refractivity contribution < 1.29 is 4.39 Å². The molecule has 0 radical (unpaired) electrons. The van der Waals surface area contributed by atoms with Crippen LogP contribution in [0.3, 0.4) is 0 Å². The molecule has 0 N–H and O–H groups in total. The summed E-state index contributed by atoms with van der Waals surface area (Å²) in [6.07, 6.45) is 1.43. The van der Waals surface area contributed by atoms with Crippen molar-refractivity contribution in [3.63, 3.8) is 0 Å².